The van der Waals surface area contributed by atoms with E-state index >= 15 is 0 Å². The van der Waals surface area contributed by atoms with Crippen molar-refractivity contribution in [3.8, 4) is 10.4 Å². The predicted octanol–water partition coefficient (Wildman–Crippen LogP) is 7.51. The summed E-state index contributed by atoms with van der Waals surface area (Å²) in [7, 11) is -3.86. The lowest BCUT2D eigenvalue weighted by Gasteiger charge is -2.12. The molecule has 3 aromatic carbocycles. The van der Waals surface area contributed by atoms with Crippen LogP contribution in [0.15, 0.2) is 83.8 Å². The molecule has 0 amide bonds. The van der Waals surface area contributed by atoms with E-state index in [1.807, 2.05) is 30.3 Å². The summed E-state index contributed by atoms with van der Waals surface area (Å²) in [5, 5.41) is 7.38. The Morgan fingerprint density at radius 2 is 1.61 bits per heavy atom. The van der Waals surface area contributed by atoms with Gasteiger partial charge in [-0.3, -0.25) is 4.72 Å². The number of carbonyl (C=O) groups excluding carboxylic acids is 1. The van der Waals surface area contributed by atoms with E-state index in [0.717, 1.165) is 10.4 Å². The van der Waals surface area contributed by atoms with Crippen LogP contribution in [0.4, 0.5) is 16.4 Å². The number of halogens is 2. The van der Waals surface area contributed by atoms with Gasteiger partial charge in [0.2, 0.25) is 0 Å². The number of hydrogen-bond donors (Lipinski definition) is 3. The fourth-order valence-corrected chi connectivity index (χ4v) is 6.03. The summed E-state index contributed by atoms with van der Waals surface area (Å²) in [6.45, 7) is 1.98. The highest BCUT2D eigenvalue weighted by atomic mass is 35.5. The number of esters is 1. The van der Waals surface area contributed by atoms with Gasteiger partial charge in [-0.2, -0.15) is 0 Å². The molecule has 0 aliphatic heterocycles. The van der Waals surface area contributed by atoms with E-state index in [1.165, 1.54) is 41.7 Å². The molecule has 38 heavy (non-hydrogen) atoms. The highest BCUT2D eigenvalue weighted by Gasteiger charge is 2.19. The lowest BCUT2D eigenvalue weighted by atomic mass is 10.1. The van der Waals surface area contributed by atoms with E-state index in [9.17, 15) is 13.2 Å². The van der Waals surface area contributed by atoms with Crippen LogP contribution < -0.4 is 15.4 Å². The van der Waals surface area contributed by atoms with E-state index in [1.54, 1.807) is 25.1 Å². The molecular weight excluding hydrogens is 585 g/mol. The van der Waals surface area contributed by atoms with E-state index in [2.05, 4.69) is 15.4 Å². The van der Waals surface area contributed by atoms with Gasteiger partial charge in [0, 0.05) is 10.6 Å². The molecule has 0 atom stereocenters. The van der Waals surface area contributed by atoms with Gasteiger partial charge in [-0.1, -0.05) is 53.5 Å². The quantitative estimate of drug-likeness (QED) is 0.141. The van der Waals surface area contributed by atoms with E-state index in [0.29, 0.717) is 21.3 Å². The standard InChI is InChI=1S/C26H21Cl2N3O4S3/c1-2-35-25(32)20-15-23(16-6-4-3-5-7-16)37-24(20)30-26(36)29-17-8-11-19(12-9-17)38(33,34)31-18-10-13-21(27)22(28)14-18/h3-15,31H,2H2,1H3,(H2,29,30,36). The summed E-state index contributed by atoms with van der Waals surface area (Å²) >= 11 is 18.7. The number of nitrogens with one attached hydrogen (secondary N) is 3. The van der Waals surface area contributed by atoms with Gasteiger partial charge in [0.1, 0.15) is 5.00 Å². The van der Waals surface area contributed by atoms with Crippen LogP contribution in [0.5, 0.6) is 0 Å². The average Bonchev–Trinajstić information content (AvgIpc) is 3.31. The van der Waals surface area contributed by atoms with Crippen molar-refractivity contribution in [3.63, 3.8) is 0 Å². The second kappa shape index (κ2) is 12.1. The second-order valence-electron chi connectivity index (χ2n) is 7.78. The topological polar surface area (TPSA) is 96.5 Å². The summed E-state index contributed by atoms with van der Waals surface area (Å²) in [5.41, 5.74) is 2.17. The first-order valence-electron chi connectivity index (χ1n) is 11.2. The number of hydrogen-bond acceptors (Lipinski definition) is 6. The van der Waals surface area contributed by atoms with Crippen molar-refractivity contribution < 1.29 is 17.9 Å². The Bertz CT molecular complexity index is 1580. The van der Waals surface area contributed by atoms with Crippen LogP contribution in [0.1, 0.15) is 17.3 Å². The Kier molecular flexibility index (Phi) is 8.91. The highest BCUT2D eigenvalue weighted by molar-refractivity contribution is 7.92. The molecule has 1 heterocycles. The second-order valence-corrected chi connectivity index (χ2v) is 11.7. The third-order valence-electron chi connectivity index (χ3n) is 5.11. The van der Waals surface area contributed by atoms with Gasteiger partial charge in [0.05, 0.1) is 32.8 Å². The number of rotatable bonds is 8. The Balaban J connectivity index is 1.47. The summed E-state index contributed by atoms with van der Waals surface area (Å²) in [5.74, 6) is -0.458. The van der Waals surface area contributed by atoms with Crippen LogP contribution in [0, 0.1) is 0 Å². The lowest BCUT2D eigenvalue weighted by molar-refractivity contribution is 0.0528. The van der Waals surface area contributed by atoms with Gasteiger partial charge in [-0.05, 0) is 73.2 Å². The first-order chi connectivity index (χ1) is 18.2. The maximum absolute atomic E-state index is 12.8. The Morgan fingerprint density at radius 1 is 0.921 bits per heavy atom. The molecule has 3 N–H and O–H groups in total. The third-order valence-corrected chi connectivity index (χ3v) is 8.55. The fourth-order valence-electron chi connectivity index (χ4n) is 3.35. The molecule has 4 aromatic rings. The number of ether oxygens (including phenoxy) is 1. The van der Waals surface area contributed by atoms with E-state index < -0.39 is 16.0 Å². The van der Waals surface area contributed by atoms with Crippen molar-refractivity contribution >= 4 is 84.2 Å². The molecule has 1 aromatic heterocycles. The number of thiophene rings is 1. The maximum atomic E-state index is 12.8. The molecule has 0 bridgehead atoms. The van der Waals surface area contributed by atoms with Crippen molar-refractivity contribution in [1.82, 2.24) is 0 Å². The van der Waals surface area contributed by atoms with Crippen LogP contribution in [0.2, 0.25) is 10.0 Å². The highest BCUT2D eigenvalue weighted by Crippen LogP contribution is 2.36. The number of thiocarbonyl (C=S) groups is 1. The van der Waals surface area contributed by atoms with Crippen LogP contribution in [0.3, 0.4) is 0 Å². The van der Waals surface area contributed by atoms with Crippen molar-refractivity contribution in [2.45, 2.75) is 11.8 Å². The smallest absolute Gasteiger partial charge is 0.341 e. The van der Waals surface area contributed by atoms with Crippen LogP contribution in [0.25, 0.3) is 10.4 Å². The van der Waals surface area contributed by atoms with E-state index in [4.69, 9.17) is 40.2 Å². The molecule has 4 rings (SSSR count). The molecule has 0 unspecified atom stereocenters. The average molecular weight is 607 g/mol. The van der Waals surface area contributed by atoms with E-state index in [-0.39, 0.29) is 27.3 Å². The third kappa shape index (κ3) is 6.83. The maximum Gasteiger partial charge on any atom is 0.341 e. The van der Waals surface area contributed by atoms with Crippen LogP contribution in [-0.2, 0) is 14.8 Å². The van der Waals surface area contributed by atoms with Gasteiger partial charge in [0.15, 0.2) is 5.11 Å². The molecule has 196 valence electrons. The van der Waals surface area contributed by atoms with Crippen LogP contribution in [-0.4, -0.2) is 26.1 Å². The fraction of sp³-hybridized carbons (Fsp3) is 0.0769. The molecule has 12 heteroatoms. The summed E-state index contributed by atoms with van der Waals surface area (Å²) < 4.78 is 33.2. The van der Waals surface area contributed by atoms with Gasteiger partial charge in [-0.25, -0.2) is 13.2 Å². The molecule has 7 nitrogen and oxygen atoms in total. The minimum Gasteiger partial charge on any atom is -0.462 e. The number of anilines is 3. The van der Waals surface area contributed by atoms with Crippen molar-refractivity contribution in [3.05, 3.63) is 94.5 Å². The molecule has 0 fully saturated rings. The Hall–Kier alpha value is -3.15. The normalized spacial score (nSPS) is 11.0. The molecule has 0 aliphatic rings. The zero-order valence-electron chi connectivity index (χ0n) is 19.8. The lowest BCUT2D eigenvalue weighted by Crippen LogP contribution is -2.20. The Morgan fingerprint density at radius 3 is 2.26 bits per heavy atom. The van der Waals surface area contributed by atoms with Crippen molar-refractivity contribution in [1.29, 1.82) is 0 Å². The molecule has 0 radical (unpaired) electrons. The van der Waals surface area contributed by atoms with Gasteiger partial charge in [0.25, 0.3) is 10.0 Å². The van der Waals surface area contributed by atoms with Gasteiger partial charge >= 0.3 is 5.97 Å². The first-order valence-corrected chi connectivity index (χ1v) is 14.6. The number of benzene rings is 3. The minimum atomic E-state index is -3.86. The zero-order valence-corrected chi connectivity index (χ0v) is 23.8. The molecule has 0 aliphatic carbocycles. The van der Waals surface area contributed by atoms with Gasteiger partial charge < -0.3 is 15.4 Å². The molecule has 0 spiro atoms. The van der Waals surface area contributed by atoms with Crippen LogP contribution >= 0.6 is 46.8 Å². The van der Waals surface area contributed by atoms with Crippen molar-refractivity contribution in [2.24, 2.45) is 0 Å². The first kappa shape index (κ1) is 27.9. The molecule has 0 saturated carbocycles. The summed E-state index contributed by atoms with van der Waals surface area (Å²) in [6.07, 6.45) is 0. The number of carbonyl (C=O) groups is 1. The Labute approximate surface area is 239 Å². The SMILES string of the molecule is CCOC(=O)c1cc(-c2ccccc2)sc1NC(=S)Nc1ccc(S(=O)(=O)Nc2ccc(Cl)c(Cl)c2)cc1. The van der Waals surface area contributed by atoms with Gasteiger partial charge in [-0.15, -0.1) is 11.3 Å². The zero-order chi connectivity index (χ0) is 27.3. The van der Waals surface area contributed by atoms with Crippen molar-refractivity contribution in [2.75, 3.05) is 22.0 Å². The summed E-state index contributed by atoms with van der Waals surface area (Å²) in [4.78, 5) is 13.5. The molecule has 0 saturated heterocycles. The molecular formula is C26H21Cl2N3O4S3. The number of sulfonamides is 1. The monoisotopic (exact) mass is 605 g/mol. The largest absolute Gasteiger partial charge is 0.462 e. The predicted molar refractivity (Wildman–Crippen MR) is 159 cm³/mol. The minimum absolute atomic E-state index is 0.0448. The summed E-state index contributed by atoms with van der Waals surface area (Å²) in [6, 6.07) is 21.9.